The van der Waals surface area contributed by atoms with Crippen molar-refractivity contribution in [3.05, 3.63) is 33.9 Å². The Bertz CT molecular complexity index is 351. The van der Waals surface area contributed by atoms with E-state index in [1.807, 2.05) is 0 Å². The van der Waals surface area contributed by atoms with Crippen molar-refractivity contribution in [1.82, 2.24) is 0 Å². The number of hydrogen-bond acceptors (Lipinski definition) is 4. The van der Waals surface area contributed by atoms with Crippen molar-refractivity contribution in [2.45, 2.75) is 19.6 Å². The van der Waals surface area contributed by atoms with Crippen LogP contribution in [0.3, 0.4) is 0 Å². The van der Waals surface area contributed by atoms with Crippen LogP contribution in [0.2, 0.25) is 0 Å². The first-order valence-electron chi connectivity index (χ1n) is 3.85. The Kier molecular flexibility index (Phi) is 2.54. The SMILES string of the molecule is COC(C)(O)c1cc(=O)cc(C)o1. The van der Waals surface area contributed by atoms with E-state index in [-0.39, 0.29) is 11.2 Å². The molecule has 1 aromatic heterocycles. The van der Waals surface area contributed by atoms with Crippen LogP contribution in [0.15, 0.2) is 21.3 Å². The van der Waals surface area contributed by atoms with Crippen LogP contribution in [-0.2, 0) is 10.5 Å². The molecule has 4 nitrogen and oxygen atoms in total. The zero-order valence-electron chi connectivity index (χ0n) is 7.83. The molecule has 0 saturated carbocycles. The summed E-state index contributed by atoms with van der Waals surface area (Å²) in [6.45, 7) is 3.04. The Labute approximate surface area is 75.8 Å². The van der Waals surface area contributed by atoms with Crippen LogP contribution in [0.25, 0.3) is 0 Å². The van der Waals surface area contributed by atoms with Gasteiger partial charge in [0.1, 0.15) is 5.76 Å². The normalized spacial score (nSPS) is 15.4. The molecule has 1 unspecified atom stereocenters. The van der Waals surface area contributed by atoms with Crippen LogP contribution in [-0.4, -0.2) is 12.2 Å². The third-order valence-corrected chi connectivity index (χ3v) is 1.74. The molecule has 0 saturated heterocycles. The van der Waals surface area contributed by atoms with Gasteiger partial charge in [-0.15, -0.1) is 0 Å². The smallest absolute Gasteiger partial charge is 0.222 e. The zero-order chi connectivity index (χ0) is 10.1. The Balaban J connectivity index is 3.23. The van der Waals surface area contributed by atoms with Gasteiger partial charge in [-0.2, -0.15) is 0 Å². The topological polar surface area (TPSA) is 59.7 Å². The number of methoxy groups -OCH3 is 1. The second-order valence-corrected chi connectivity index (χ2v) is 2.96. The largest absolute Gasteiger partial charge is 0.460 e. The van der Waals surface area contributed by atoms with Gasteiger partial charge in [0, 0.05) is 19.2 Å². The maximum atomic E-state index is 11.0. The summed E-state index contributed by atoms with van der Waals surface area (Å²) in [7, 11) is 1.34. The van der Waals surface area contributed by atoms with Crippen molar-refractivity contribution in [3.8, 4) is 0 Å². The molecule has 1 aromatic rings. The highest BCUT2D eigenvalue weighted by atomic mass is 16.6. The van der Waals surface area contributed by atoms with E-state index in [4.69, 9.17) is 9.15 Å². The first kappa shape index (κ1) is 9.95. The molecule has 1 atom stereocenters. The molecule has 1 heterocycles. The molecule has 1 rings (SSSR count). The predicted octanol–water partition coefficient (Wildman–Crippen LogP) is 0.760. The van der Waals surface area contributed by atoms with Gasteiger partial charge in [0.2, 0.25) is 5.79 Å². The van der Waals surface area contributed by atoms with Crippen LogP contribution in [0.1, 0.15) is 18.4 Å². The average molecular weight is 184 g/mol. The van der Waals surface area contributed by atoms with Gasteiger partial charge in [-0.1, -0.05) is 0 Å². The number of aliphatic hydroxyl groups is 1. The second-order valence-electron chi connectivity index (χ2n) is 2.96. The molecule has 0 aromatic carbocycles. The molecular formula is C9H12O4. The van der Waals surface area contributed by atoms with E-state index < -0.39 is 5.79 Å². The van der Waals surface area contributed by atoms with Crippen molar-refractivity contribution in [2.24, 2.45) is 0 Å². The van der Waals surface area contributed by atoms with Gasteiger partial charge in [0.15, 0.2) is 11.2 Å². The van der Waals surface area contributed by atoms with Crippen molar-refractivity contribution in [1.29, 1.82) is 0 Å². The monoisotopic (exact) mass is 184 g/mol. The molecule has 0 radical (unpaired) electrons. The number of aryl methyl sites for hydroxylation is 1. The minimum atomic E-state index is -1.55. The van der Waals surface area contributed by atoms with Crippen LogP contribution >= 0.6 is 0 Å². The quantitative estimate of drug-likeness (QED) is 0.689. The Morgan fingerprint density at radius 3 is 2.62 bits per heavy atom. The third kappa shape index (κ3) is 2.17. The van der Waals surface area contributed by atoms with Crippen molar-refractivity contribution < 1.29 is 14.3 Å². The Hall–Kier alpha value is -1.13. The molecule has 4 heteroatoms. The summed E-state index contributed by atoms with van der Waals surface area (Å²) >= 11 is 0. The highest BCUT2D eigenvalue weighted by molar-refractivity contribution is 5.08. The van der Waals surface area contributed by atoms with Gasteiger partial charge >= 0.3 is 0 Å². The summed E-state index contributed by atoms with van der Waals surface area (Å²) in [4.78, 5) is 11.0. The molecule has 0 fully saturated rings. The van der Waals surface area contributed by atoms with Crippen LogP contribution in [0.4, 0.5) is 0 Å². The molecule has 0 aliphatic rings. The van der Waals surface area contributed by atoms with Crippen molar-refractivity contribution in [2.75, 3.05) is 7.11 Å². The van der Waals surface area contributed by atoms with Gasteiger partial charge in [-0.05, 0) is 13.8 Å². The second kappa shape index (κ2) is 3.32. The number of rotatable bonds is 2. The molecule has 72 valence electrons. The summed E-state index contributed by atoms with van der Waals surface area (Å²) in [5.41, 5.74) is -0.212. The fraction of sp³-hybridized carbons (Fsp3) is 0.444. The molecule has 0 bridgehead atoms. The van der Waals surface area contributed by atoms with E-state index in [1.54, 1.807) is 6.92 Å². The molecule has 13 heavy (non-hydrogen) atoms. The molecule has 0 aliphatic carbocycles. The minimum Gasteiger partial charge on any atom is -0.460 e. The average Bonchev–Trinajstić information content (AvgIpc) is 2.02. The summed E-state index contributed by atoms with van der Waals surface area (Å²) in [5, 5.41) is 9.59. The molecule has 0 aliphatic heterocycles. The van der Waals surface area contributed by atoms with E-state index in [1.165, 1.54) is 26.2 Å². The highest BCUT2D eigenvalue weighted by Crippen LogP contribution is 2.19. The van der Waals surface area contributed by atoms with E-state index >= 15 is 0 Å². The molecule has 0 amide bonds. The van der Waals surface area contributed by atoms with E-state index in [2.05, 4.69) is 0 Å². The van der Waals surface area contributed by atoms with Crippen LogP contribution in [0, 0.1) is 6.92 Å². The molecular weight excluding hydrogens is 172 g/mol. The van der Waals surface area contributed by atoms with E-state index in [9.17, 15) is 9.90 Å². The van der Waals surface area contributed by atoms with Gasteiger partial charge in [0.05, 0.1) is 0 Å². The van der Waals surface area contributed by atoms with E-state index in [0.29, 0.717) is 5.76 Å². The predicted molar refractivity (Wildman–Crippen MR) is 46.3 cm³/mol. The first-order chi connectivity index (χ1) is 5.95. The van der Waals surface area contributed by atoms with Crippen molar-refractivity contribution >= 4 is 0 Å². The van der Waals surface area contributed by atoms with Gasteiger partial charge in [0.25, 0.3) is 0 Å². The maximum Gasteiger partial charge on any atom is 0.222 e. The van der Waals surface area contributed by atoms with Gasteiger partial charge in [-0.3, -0.25) is 4.79 Å². The zero-order valence-corrected chi connectivity index (χ0v) is 7.83. The summed E-state index contributed by atoms with van der Waals surface area (Å²) in [6.07, 6.45) is 0. The molecule has 1 N–H and O–H groups in total. The van der Waals surface area contributed by atoms with Crippen LogP contribution in [0.5, 0.6) is 0 Å². The number of hydrogen-bond donors (Lipinski definition) is 1. The fourth-order valence-electron chi connectivity index (χ4n) is 0.933. The minimum absolute atomic E-state index is 0.111. The van der Waals surface area contributed by atoms with Crippen LogP contribution < -0.4 is 5.43 Å². The summed E-state index contributed by atoms with van der Waals surface area (Å²) in [5.74, 6) is -0.995. The lowest BCUT2D eigenvalue weighted by atomic mass is 10.2. The van der Waals surface area contributed by atoms with Gasteiger partial charge < -0.3 is 14.3 Å². The lowest BCUT2D eigenvalue weighted by molar-refractivity contribution is -0.192. The lowest BCUT2D eigenvalue weighted by Gasteiger charge is -2.19. The fourth-order valence-corrected chi connectivity index (χ4v) is 0.933. The van der Waals surface area contributed by atoms with Crippen molar-refractivity contribution in [3.63, 3.8) is 0 Å². The Morgan fingerprint density at radius 2 is 2.15 bits per heavy atom. The third-order valence-electron chi connectivity index (χ3n) is 1.74. The Morgan fingerprint density at radius 1 is 1.54 bits per heavy atom. The summed E-state index contributed by atoms with van der Waals surface area (Å²) in [6, 6.07) is 2.55. The number of ether oxygens (including phenoxy) is 1. The standard InChI is InChI=1S/C9H12O4/c1-6-4-7(10)5-8(13-6)9(2,11)12-3/h4-5,11H,1-3H3. The maximum absolute atomic E-state index is 11.0. The highest BCUT2D eigenvalue weighted by Gasteiger charge is 2.25. The summed E-state index contributed by atoms with van der Waals surface area (Å²) < 4.78 is 9.90. The lowest BCUT2D eigenvalue weighted by Crippen LogP contribution is -2.25. The van der Waals surface area contributed by atoms with E-state index in [0.717, 1.165) is 0 Å². The first-order valence-corrected chi connectivity index (χ1v) is 3.85. The van der Waals surface area contributed by atoms with Gasteiger partial charge in [-0.25, -0.2) is 0 Å². The molecule has 0 spiro atoms.